The van der Waals surface area contributed by atoms with E-state index in [2.05, 4.69) is 0 Å². The highest BCUT2D eigenvalue weighted by atomic mass is 16.2. The maximum absolute atomic E-state index is 8.61. The Bertz CT molecular complexity index is 151. The second-order valence-corrected chi connectivity index (χ2v) is 4.92. The van der Waals surface area contributed by atoms with Crippen LogP contribution in [0.2, 0.25) is 0 Å². The van der Waals surface area contributed by atoms with Crippen molar-refractivity contribution in [3.8, 4) is 0 Å². The molecule has 0 aliphatic heterocycles. The normalized spacial score (nSPS) is 32.1. The molecule has 2 fully saturated rings. The molecule has 2 saturated carbocycles. The largest absolute Gasteiger partial charge is 0.396 e. The summed E-state index contributed by atoms with van der Waals surface area (Å²) in [6.07, 6.45) is 11.1. The zero-order chi connectivity index (χ0) is 9.10. The van der Waals surface area contributed by atoms with Crippen molar-refractivity contribution >= 4 is 0 Å². The number of rotatable bonds is 7. The second kappa shape index (κ2) is 4.45. The lowest BCUT2D eigenvalue weighted by atomic mass is 10.1. The van der Waals surface area contributed by atoms with E-state index >= 15 is 0 Å². The van der Waals surface area contributed by atoms with Gasteiger partial charge in [-0.2, -0.15) is 0 Å². The minimum Gasteiger partial charge on any atom is -0.396 e. The Hall–Kier alpha value is -0.0400. The van der Waals surface area contributed by atoms with Crippen molar-refractivity contribution in [2.45, 2.75) is 51.4 Å². The van der Waals surface area contributed by atoms with Crippen LogP contribution in [-0.2, 0) is 0 Å². The summed E-state index contributed by atoms with van der Waals surface area (Å²) in [6, 6.07) is 0. The van der Waals surface area contributed by atoms with E-state index in [0.29, 0.717) is 6.61 Å². The number of aliphatic hydroxyl groups excluding tert-OH is 1. The van der Waals surface area contributed by atoms with E-state index in [1.54, 1.807) is 6.42 Å². The van der Waals surface area contributed by atoms with E-state index in [-0.39, 0.29) is 0 Å². The number of hydrogen-bond donors (Lipinski definition) is 1. The van der Waals surface area contributed by atoms with Crippen LogP contribution < -0.4 is 0 Å². The van der Waals surface area contributed by atoms with Crippen molar-refractivity contribution < 1.29 is 5.11 Å². The van der Waals surface area contributed by atoms with Gasteiger partial charge in [0.05, 0.1) is 0 Å². The van der Waals surface area contributed by atoms with Crippen molar-refractivity contribution in [3.05, 3.63) is 0 Å². The molecule has 2 aliphatic carbocycles. The Morgan fingerprint density at radius 2 is 1.77 bits per heavy atom. The zero-order valence-corrected chi connectivity index (χ0v) is 8.54. The summed E-state index contributed by atoms with van der Waals surface area (Å²) in [7, 11) is 0. The molecule has 0 amide bonds. The van der Waals surface area contributed by atoms with E-state index in [9.17, 15) is 0 Å². The topological polar surface area (TPSA) is 20.2 Å². The van der Waals surface area contributed by atoms with Gasteiger partial charge in [0.2, 0.25) is 0 Å². The minimum atomic E-state index is 0.383. The number of unbranched alkanes of at least 4 members (excludes halogenated alkanes) is 3. The molecule has 0 heterocycles. The van der Waals surface area contributed by atoms with Crippen LogP contribution in [0.3, 0.4) is 0 Å². The molecule has 0 aromatic heterocycles. The fourth-order valence-corrected chi connectivity index (χ4v) is 2.58. The van der Waals surface area contributed by atoms with Crippen LogP contribution in [0, 0.1) is 17.8 Å². The molecule has 0 aromatic rings. The van der Waals surface area contributed by atoms with Crippen molar-refractivity contribution in [2.24, 2.45) is 17.8 Å². The molecule has 1 N–H and O–H groups in total. The van der Waals surface area contributed by atoms with Crippen LogP contribution in [0.25, 0.3) is 0 Å². The average Bonchev–Trinajstić information content (AvgIpc) is 2.98. The molecular weight excluding hydrogens is 160 g/mol. The van der Waals surface area contributed by atoms with Gasteiger partial charge < -0.3 is 5.11 Å². The monoisotopic (exact) mass is 182 g/mol. The van der Waals surface area contributed by atoms with Crippen LogP contribution in [0.4, 0.5) is 0 Å². The Morgan fingerprint density at radius 3 is 2.46 bits per heavy atom. The smallest absolute Gasteiger partial charge is 0.0431 e. The quantitative estimate of drug-likeness (QED) is 0.600. The van der Waals surface area contributed by atoms with E-state index in [1.165, 1.54) is 38.5 Å². The molecule has 1 nitrogen and oxygen atoms in total. The van der Waals surface area contributed by atoms with Gasteiger partial charge in [-0.05, 0) is 43.4 Å². The molecule has 0 unspecified atom stereocenters. The van der Waals surface area contributed by atoms with Crippen molar-refractivity contribution in [1.82, 2.24) is 0 Å². The van der Waals surface area contributed by atoms with Crippen LogP contribution in [0.15, 0.2) is 0 Å². The molecule has 0 spiro atoms. The van der Waals surface area contributed by atoms with Crippen LogP contribution >= 0.6 is 0 Å². The van der Waals surface area contributed by atoms with Gasteiger partial charge in [0, 0.05) is 6.61 Å². The predicted octanol–water partition coefficient (Wildman–Crippen LogP) is 2.98. The summed E-state index contributed by atoms with van der Waals surface area (Å²) in [6.45, 7) is 0.383. The summed E-state index contributed by atoms with van der Waals surface area (Å²) in [5.74, 6) is 3.42. The van der Waals surface area contributed by atoms with Gasteiger partial charge in [-0.3, -0.25) is 0 Å². The Labute approximate surface area is 81.5 Å². The van der Waals surface area contributed by atoms with E-state index in [4.69, 9.17) is 5.11 Å². The van der Waals surface area contributed by atoms with Gasteiger partial charge in [-0.15, -0.1) is 0 Å². The van der Waals surface area contributed by atoms with E-state index in [1.807, 2.05) is 0 Å². The first-order valence-electron chi connectivity index (χ1n) is 6.02. The van der Waals surface area contributed by atoms with Crippen LogP contribution in [0.1, 0.15) is 51.4 Å². The fourth-order valence-electron chi connectivity index (χ4n) is 2.58. The second-order valence-electron chi connectivity index (χ2n) is 4.92. The molecule has 0 radical (unpaired) electrons. The zero-order valence-electron chi connectivity index (χ0n) is 8.54. The first-order chi connectivity index (χ1) is 6.42. The molecule has 13 heavy (non-hydrogen) atoms. The van der Waals surface area contributed by atoms with Crippen LogP contribution in [0.5, 0.6) is 0 Å². The third-order valence-corrected chi connectivity index (χ3v) is 3.69. The van der Waals surface area contributed by atoms with Gasteiger partial charge in [-0.1, -0.05) is 25.7 Å². The Kier molecular flexibility index (Phi) is 3.26. The summed E-state index contributed by atoms with van der Waals surface area (Å²) in [5.41, 5.74) is 0. The van der Waals surface area contributed by atoms with E-state index in [0.717, 1.165) is 24.2 Å². The van der Waals surface area contributed by atoms with Crippen molar-refractivity contribution in [2.75, 3.05) is 6.61 Å². The molecule has 1 heteroatoms. The lowest BCUT2D eigenvalue weighted by molar-refractivity contribution is 0.282. The minimum absolute atomic E-state index is 0.383. The molecule has 2 atom stereocenters. The standard InChI is InChI=1S/C12H22O/c13-8-4-2-1-3-5-11-9-12(11)10-6-7-10/h10-13H,1-9H2/t11-,12+/m1/s1. The van der Waals surface area contributed by atoms with Crippen molar-refractivity contribution in [1.29, 1.82) is 0 Å². The molecule has 0 aromatic carbocycles. The van der Waals surface area contributed by atoms with Gasteiger partial charge in [0.15, 0.2) is 0 Å². The summed E-state index contributed by atoms with van der Waals surface area (Å²) in [4.78, 5) is 0. The molecule has 0 bridgehead atoms. The highest BCUT2D eigenvalue weighted by Gasteiger charge is 2.46. The maximum atomic E-state index is 8.61. The summed E-state index contributed by atoms with van der Waals surface area (Å²) in [5, 5.41) is 8.61. The molecule has 2 aliphatic rings. The summed E-state index contributed by atoms with van der Waals surface area (Å²) >= 11 is 0. The van der Waals surface area contributed by atoms with Gasteiger partial charge in [0.1, 0.15) is 0 Å². The lowest BCUT2D eigenvalue weighted by Gasteiger charge is -1.99. The maximum Gasteiger partial charge on any atom is 0.0431 e. The third kappa shape index (κ3) is 2.98. The highest BCUT2D eigenvalue weighted by Crippen LogP contribution is 2.56. The lowest BCUT2D eigenvalue weighted by Crippen LogP contribution is -1.87. The summed E-state index contributed by atoms with van der Waals surface area (Å²) < 4.78 is 0. The van der Waals surface area contributed by atoms with Gasteiger partial charge in [-0.25, -0.2) is 0 Å². The molecule has 0 saturated heterocycles. The SMILES string of the molecule is OCCCCCC[C@@H]1C[C@H]1C1CC1. The Morgan fingerprint density at radius 1 is 1.00 bits per heavy atom. The number of hydrogen-bond acceptors (Lipinski definition) is 1. The first kappa shape index (κ1) is 9.51. The molecular formula is C12H22O. The van der Waals surface area contributed by atoms with Gasteiger partial charge >= 0.3 is 0 Å². The highest BCUT2D eigenvalue weighted by molar-refractivity contribution is 4.96. The average molecular weight is 182 g/mol. The van der Waals surface area contributed by atoms with E-state index < -0.39 is 0 Å². The first-order valence-corrected chi connectivity index (χ1v) is 6.02. The molecule has 76 valence electrons. The van der Waals surface area contributed by atoms with Crippen LogP contribution in [-0.4, -0.2) is 11.7 Å². The number of aliphatic hydroxyl groups is 1. The molecule has 2 rings (SSSR count). The van der Waals surface area contributed by atoms with Gasteiger partial charge in [0.25, 0.3) is 0 Å². The fraction of sp³-hybridized carbons (Fsp3) is 1.00. The Balaban J connectivity index is 1.41. The van der Waals surface area contributed by atoms with Crippen molar-refractivity contribution in [3.63, 3.8) is 0 Å². The third-order valence-electron chi connectivity index (χ3n) is 3.69. The predicted molar refractivity (Wildman–Crippen MR) is 54.5 cm³/mol.